The van der Waals surface area contributed by atoms with E-state index in [9.17, 15) is 61.1 Å². The Kier molecular flexibility index (Phi) is 15.7. The summed E-state index contributed by atoms with van der Waals surface area (Å²) in [7, 11) is -2.80. The summed E-state index contributed by atoms with van der Waals surface area (Å²) in [5.41, 5.74) is 0. The van der Waals surface area contributed by atoms with E-state index in [0.717, 1.165) is 19.3 Å². The van der Waals surface area contributed by atoms with Gasteiger partial charge in [-0.3, -0.25) is 0 Å². The van der Waals surface area contributed by atoms with Crippen molar-refractivity contribution in [3.05, 3.63) is 0 Å². The average Bonchev–Trinajstić information content (AvgIpc) is 3.01. The summed E-state index contributed by atoms with van der Waals surface area (Å²) in [5, 5.41) is 113. The van der Waals surface area contributed by atoms with Gasteiger partial charge in [-0.05, 0) is 18.6 Å². The summed E-state index contributed by atoms with van der Waals surface area (Å²) in [6.45, 7) is -1.59. The Balaban J connectivity index is 1.87. The van der Waals surface area contributed by atoms with Gasteiger partial charge in [-0.15, -0.1) is 0 Å². The van der Waals surface area contributed by atoms with Crippen LogP contribution in [-0.2, 0) is 28.0 Å². The molecule has 15 atom stereocenters. The van der Waals surface area contributed by atoms with Gasteiger partial charge in [0.25, 0.3) is 0 Å². The van der Waals surface area contributed by atoms with E-state index in [2.05, 4.69) is 12.6 Å². The first-order chi connectivity index (χ1) is 20.9. The number of hydrogen-bond donors (Lipinski definition) is 13. The lowest BCUT2D eigenvalue weighted by atomic mass is 9.84. The Labute approximate surface area is 259 Å². The van der Waals surface area contributed by atoms with E-state index in [1.54, 1.807) is 0 Å². The van der Waals surface area contributed by atoms with Crippen molar-refractivity contribution in [1.29, 1.82) is 0 Å². The molecule has 0 spiro atoms. The lowest BCUT2D eigenvalue weighted by molar-refractivity contribution is -0.359. The molecule has 2 heterocycles. The molecule has 1 saturated carbocycles. The van der Waals surface area contributed by atoms with Crippen LogP contribution in [0.2, 0.25) is 0 Å². The number of aliphatic hydroxyl groups is 11. The van der Waals surface area contributed by atoms with E-state index in [0.29, 0.717) is 12.2 Å². The van der Waals surface area contributed by atoms with E-state index in [4.69, 9.17) is 28.0 Å². The normalized spacial score (nSPS) is 45.8. The Morgan fingerprint density at radius 3 is 1.41 bits per heavy atom. The molecule has 0 aromatic rings. The highest BCUT2D eigenvalue weighted by Crippen LogP contribution is 2.42. The molecule has 260 valence electrons. The Morgan fingerprint density at radius 1 is 0.545 bits per heavy atom. The third kappa shape index (κ3) is 9.14. The van der Waals surface area contributed by atoms with Crippen LogP contribution in [0.4, 0.5) is 0 Å². The van der Waals surface area contributed by atoms with Crippen LogP contribution >= 0.6 is 21.2 Å². The van der Waals surface area contributed by atoms with Crippen LogP contribution in [0.5, 0.6) is 0 Å². The minimum Gasteiger partial charge on any atom is -0.394 e. The van der Waals surface area contributed by atoms with Gasteiger partial charge in [0.1, 0.15) is 85.5 Å². The van der Waals surface area contributed by atoms with Gasteiger partial charge >= 0.3 is 8.60 Å². The molecule has 2 saturated heterocycles. The summed E-state index contributed by atoms with van der Waals surface area (Å²) < 4.78 is 32.9. The van der Waals surface area contributed by atoms with Gasteiger partial charge in [0.2, 0.25) is 0 Å². The number of rotatable bonds is 15. The van der Waals surface area contributed by atoms with Crippen molar-refractivity contribution in [1.82, 2.24) is 0 Å². The minimum absolute atomic E-state index is 0.0334. The fourth-order valence-corrected chi connectivity index (χ4v) is 6.13. The molecule has 2 aliphatic heterocycles. The van der Waals surface area contributed by atoms with Crippen molar-refractivity contribution >= 4 is 21.2 Å². The molecule has 0 radical (unpaired) electrons. The molecular formula is C24H45O18PS. The summed E-state index contributed by atoms with van der Waals surface area (Å²) in [6.07, 6.45) is -26.4. The zero-order chi connectivity index (χ0) is 32.7. The monoisotopic (exact) mass is 684 g/mol. The molecule has 0 bridgehead atoms. The van der Waals surface area contributed by atoms with E-state index in [1.807, 2.05) is 0 Å². The Morgan fingerprint density at radius 2 is 0.977 bits per heavy atom. The van der Waals surface area contributed by atoms with Crippen LogP contribution < -0.4 is 0 Å². The minimum atomic E-state index is -2.80. The van der Waals surface area contributed by atoms with Crippen LogP contribution in [0.15, 0.2) is 0 Å². The highest BCUT2D eigenvalue weighted by Gasteiger charge is 2.57. The van der Waals surface area contributed by atoms with E-state index in [1.165, 1.54) is 0 Å². The van der Waals surface area contributed by atoms with E-state index in [-0.39, 0.29) is 6.61 Å². The summed E-state index contributed by atoms with van der Waals surface area (Å²) >= 11 is 4.14. The standard InChI is InChI=1S/C24H45O18PS/c25-7-9-11(27)13(29)18(34)23(38-9)40-20-16(32)15(31)17(33)21(22(20)42-43(36)37-5-3-1-2-4-6-44)41-24-19(35)14(30)12(28)10(8-26)39-24/h9-36,44H,1-8H2. The fourth-order valence-electron chi connectivity index (χ4n) is 5.12. The maximum absolute atomic E-state index is 10.9. The molecule has 15 unspecified atom stereocenters. The quantitative estimate of drug-likeness (QED) is 0.0435. The van der Waals surface area contributed by atoms with Crippen molar-refractivity contribution < 1.29 is 89.1 Å². The molecule has 12 N–H and O–H groups in total. The summed E-state index contributed by atoms with van der Waals surface area (Å²) in [6, 6.07) is 0. The zero-order valence-corrected chi connectivity index (χ0v) is 25.4. The van der Waals surface area contributed by atoms with Crippen LogP contribution in [0.3, 0.4) is 0 Å². The third-order valence-corrected chi connectivity index (χ3v) is 8.91. The highest BCUT2D eigenvalue weighted by molar-refractivity contribution is 7.80. The molecule has 20 heteroatoms. The number of thiol groups is 1. The first-order valence-corrected chi connectivity index (χ1v) is 16.0. The molecule has 3 rings (SSSR count). The SMILES string of the molecule is OCC1OC(OC2C(O)C(O)C(O)C(OC3OC(CO)C(O)C(O)C3O)C2OP(O)OCCCCCCS)C(O)C(O)C1O. The van der Waals surface area contributed by atoms with Gasteiger partial charge in [-0.1, -0.05) is 12.8 Å². The Bertz CT molecular complexity index is 782. The highest BCUT2D eigenvalue weighted by atomic mass is 32.1. The smallest absolute Gasteiger partial charge is 0.330 e. The fraction of sp³-hybridized carbons (Fsp3) is 1.00. The first-order valence-electron chi connectivity index (χ1n) is 14.2. The second-order valence-electron chi connectivity index (χ2n) is 10.8. The van der Waals surface area contributed by atoms with E-state index >= 15 is 0 Å². The summed E-state index contributed by atoms with van der Waals surface area (Å²) in [5.74, 6) is 0.709. The van der Waals surface area contributed by atoms with Gasteiger partial charge in [-0.2, -0.15) is 12.6 Å². The lowest BCUT2D eigenvalue weighted by Gasteiger charge is -2.49. The molecule has 0 amide bonds. The van der Waals surface area contributed by atoms with Crippen LogP contribution in [0.1, 0.15) is 25.7 Å². The molecule has 0 aromatic carbocycles. The molecule has 18 nitrogen and oxygen atoms in total. The van der Waals surface area contributed by atoms with Crippen molar-refractivity contribution in [2.24, 2.45) is 0 Å². The predicted octanol–water partition coefficient (Wildman–Crippen LogP) is -5.44. The topological polar surface area (TPSA) is 298 Å². The van der Waals surface area contributed by atoms with E-state index < -0.39 is 120 Å². The second-order valence-corrected chi connectivity index (χ2v) is 12.2. The largest absolute Gasteiger partial charge is 0.394 e. The van der Waals surface area contributed by atoms with Gasteiger partial charge < -0.3 is 89.1 Å². The van der Waals surface area contributed by atoms with Crippen molar-refractivity contribution in [2.75, 3.05) is 25.6 Å². The van der Waals surface area contributed by atoms with Crippen LogP contribution in [0, 0.1) is 0 Å². The summed E-state index contributed by atoms with van der Waals surface area (Å²) in [4.78, 5) is 10.6. The van der Waals surface area contributed by atoms with Crippen molar-refractivity contribution in [3.63, 3.8) is 0 Å². The predicted molar refractivity (Wildman–Crippen MR) is 148 cm³/mol. The van der Waals surface area contributed by atoms with Crippen LogP contribution in [-0.4, -0.2) is 185 Å². The number of hydrogen-bond acceptors (Lipinski definition) is 19. The van der Waals surface area contributed by atoms with Gasteiger partial charge in [-0.25, -0.2) is 0 Å². The maximum atomic E-state index is 10.9. The molecule has 0 aromatic heterocycles. The third-order valence-electron chi connectivity index (χ3n) is 7.77. The van der Waals surface area contributed by atoms with Gasteiger partial charge in [0.15, 0.2) is 12.6 Å². The maximum Gasteiger partial charge on any atom is 0.330 e. The van der Waals surface area contributed by atoms with Gasteiger partial charge in [0.05, 0.1) is 19.8 Å². The molecular weight excluding hydrogens is 639 g/mol. The molecule has 3 fully saturated rings. The number of aliphatic hydroxyl groups excluding tert-OH is 11. The van der Waals surface area contributed by atoms with Crippen molar-refractivity contribution in [3.8, 4) is 0 Å². The number of unbranched alkanes of at least 4 members (excludes halogenated alkanes) is 3. The second kappa shape index (κ2) is 18.0. The van der Waals surface area contributed by atoms with Crippen LogP contribution in [0.25, 0.3) is 0 Å². The number of ether oxygens (including phenoxy) is 4. The molecule has 3 aliphatic rings. The van der Waals surface area contributed by atoms with Gasteiger partial charge in [0, 0.05) is 0 Å². The Hall–Kier alpha value is 0.0600. The lowest BCUT2D eigenvalue weighted by Crippen LogP contribution is -2.69. The average molecular weight is 685 g/mol. The zero-order valence-electron chi connectivity index (χ0n) is 23.6. The first kappa shape index (κ1) is 38.5. The van der Waals surface area contributed by atoms with Crippen molar-refractivity contribution in [2.45, 2.75) is 124 Å². The molecule has 1 aliphatic carbocycles. The molecule has 44 heavy (non-hydrogen) atoms.